The van der Waals surface area contributed by atoms with Gasteiger partial charge in [0.05, 0.1) is 5.60 Å². The van der Waals surface area contributed by atoms with Crippen LogP contribution in [0.4, 0.5) is 5.69 Å². The van der Waals surface area contributed by atoms with Crippen LogP contribution in [0.2, 0.25) is 0 Å². The molecule has 20 heavy (non-hydrogen) atoms. The lowest BCUT2D eigenvalue weighted by Crippen LogP contribution is -2.30. The van der Waals surface area contributed by atoms with Crippen molar-refractivity contribution in [3.63, 3.8) is 0 Å². The number of allylic oxidation sites excluding steroid dienone is 2. The molecule has 1 aliphatic carbocycles. The number of nitrogens with two attached hydrogens (primary N) is 1. The molecule has 108 valence electrons. The Labute approximate surface area is 125 Å². The van der Waals surface area contributed by atoms with Crippen molar-refractivity contribution in [3.05, 3.63) is 35.4 Å². The highest BCUT2D eigenvalue weighted by molar-refractivity contribution is 7.99. The van der Waals surface area contributed by atoms with Gasteiger partial charge in [0.2, 0.25) is 0 Å². The number of rotatable bonds is 2. The average Bonchev–Trinajstić information content (AvgIpc) is 2.49. The summed E-state index contributed by atoms with van der Waals surface area (Å²) in [7, 11) is 0. The van der Waals surface area contributed by atoms with E-state index in [-0.39, 0.29) is 0 Å². The highest BCUT2D eigenvalue weighted by atomic mass is 32.2. The number of hydrogen-bond donors (Lipinski definition) is 2. The molecule has 3 N–H and O–H groups in total. The molecule has 0 radical (unpaired) electrons. The van der Waals surface area contributed by atoms with Crippen molar-refractivity contribution in [3.8, 4) is 0 Å². The van der Waals surface area contributed by atoms with Crippen LogP contribution in [0.25, 0.3) is 5.57 Å². The molecule has 0 amide bonds. The zero-order chi connectivity index (χ0) is 14.0. The van der Waals surface area contributed by atoms with E-state index >= 15 is 0 Å². The number of thioether (sulfide) groups is 1. The van der Waals surface area contributed by atoms with Gasteiger partial charge in [0.25, 0.3) is 0 Å². The molecule has 0 unspecified atom stereocenters. The van der Waals surface area contributed by atoms with E-state index in [0.717, 1.165) is 54.0 Å². The fraction of sp³-hybridized carbons (Fsp3) is 0.529. The van der Waals surface area contributed by atoms with Crippen LogP contribution >= 0.6 is 11.8 Å². The van der Waals surface area contributed by atoms with Crippen LogP contribution in [0.15, 0.2) is 24.3 Å². The van der Waals surface area contributed by atoms with Crippen molar-refractivity contribution in [2.75, 3.05) is 17.2 Å². The van der Waals surface area contributed by atoms with Gasteiger partial charge in [-0.2, -0.15) is 11.8 Å². The number of benzene rings is 1. The number of aliphatic hydroxyl groups is 1. The van der Waals surface area contributed by atoms with Crippen LogP contribution in [-0.4, -0.2) is 16.6 Å². The molecule has 1 aliphatic heterocycles. The minimum atomic E-state index is -0.650. The standard InChI is InChI=1S/C17H23NOS/c18-16-7-6-14(17(19)8-10-20-11-9-17)12-15(16)13-4-2-1-3-5-13/h4,6-7,12,19H,1-3,5,8-11,18H2. The Balaban J connectivity index is 1.95. The molecule has 1 heterocycles. The quantitative estimate of drug-likeness (QED) is 0.811. The van der Waals surface area contributed by atoms with E-state index in [1.165, 1.54) is 18.4 Å². The molecule has 0 atom stereocenters. The van der Waals surface area contributed by atoms with Crippen LogP contribution in [-0.2, 0) is 5.60 Å². The summed E-state index contributed by atoms with van der Waals surface area (Å²) >= 11 is 1.93. The first kappa shape index (κ1) is 14.0. The van der Waals surface area contributed by atoms with E-state index in [1.54, 1.807) is 0 Å². The highest BCUT2D eigenvalue weighted by Crippen LogP contribution is 2.39. The van der Waals surface area contributed by atoms with Gasteiger partial charge in [-0.3, -0.25) is 0 Å². The Morgan fingerprint density at radius 3 is 2.65 bits per heavy atom. The molecule has 0 aromatic heterocycles. The monoisotopic (exact) mass is 289 g/mol. The van der Waals surface area contributed by atoms with Crippen LogP contribution < -0.4 is 5.73 Å². The summed E-state index contributed by atoms with van der Waals surface area (Å²) in [5.74, 6) is 2.08. The normalized spacial score (nSPS) is 22.4. The molecule has 1 aromatic rings. The van der Waals surface area contributed by atoms with Gasteiger partial charge < -0.3 is 10.8 Å². The molecule has 1 fully saturated rings. The Hall–Kier alpha value is -0.930. The third-order valence-corrected chi connectivity index (χ3v) is 5.53. The Morgan fingerprint density at radius 2 is 1.95 bits per heavy atom. The fourth-order valence-electron chi connectivity index (χ4n) is 3.20. The van der Waals surface area contributed by atoms with E-state index in [1.807, 2.05) is 23.9 Å². The smallest absolute Gasteiger partial charge is 0.0912 e. The van der Waals surface area contributed by atoms with Crippen molar-refractivity contribution < 1.29 is 5.11 Å². The molecule has 0 bridgehead atoms. The number of hydrogen-bond acceptors (Lipinski definition) is 3. The van der Waals surface area contributed by atoms with Crippen LogP contribution in [0, 0.1) is 0 Å². The predicted octanol–water partition coefficient (Wildman–Crippen LogP) is 3.94. The zero-order valence-electron chi connectivity index (χ0n) is 11.9. The van der Waals surface area contributed by atoms with Gasteiger partial charge in [0.15, 0.2) is 0 Å². The third kappa shape index (κ3) is 2.75. The van der Waals surface area contributed by atoms with Gasteiger partial charge in [-0.25, -0.2) is 0 Å². The summed E-state index contributed by atoms with van der Waals surface area (Å²) in [5.41, 5.74) is 9.92. The molecule has 3 heteroatoms. The highest BCUT2D eigenvalue weighted by Gasteiger charge is 2.32. The van der Waals surface area contributed by atoms with Gasteiger partial charge in [-0.05, 0) is 73.3 Å². The first-order valence-corrected chi connectivity index (χ1v) is 8.74. The fourth-order valence-corrected chi connectivity index (χ4v) is 4.37. The number of anilines is 1. The van der Waals surface area contributed by atoms with Crippen molar-refractivity contribution in [1.82, 2.24) is 0 Å². The number of nitrogen functional groups attached to an aromatic ring is 1. The summed E-state index contributed by atoms with van der Waals surface area (Å²) in [4.78, 5) is 0. The molecule has 1 aromatic carbocycles. The van der Waals surface area contributed by atoms with E-state index in [9.17, 15) is 5.11 Å². The predicted molar refractivity (Wildman–Crippen MR) is 87.8 cm³/mol. The topological polar surface area (TPSA) is 46.2 Å². The Kier molecular flexibility index (Phi) is 4.08. The summed E-state index contributed by atoms with van der Waals surface area (Å²) in [5, 5.41) is 10.9. The average molecular weight is 289 g/mol. The minimum absolute atomic E-state index is 0.650. The van der Waals surface area contributed by atoms with E-state index in [4.69, 9.17) is 5.73 Å². The van der Waals surface area contributed by atoms with E-state index in [0.29, 0.717) is 0 Å². The largest absolute Gasteiger partial charge is 0.398 e. The lowest BCUT2D eigenvalue weighted by atomic mass is 9.84. The minimum Gasteiger partial charge on any atom is -0.398 e. The molecular formula is C17H23NOS. The first-order valence-electron chi connectivity index (χ1n) is 7.59. The van der Waals surface area contributed by atoms with Crippen LogP contribution in [0.1, 0.15) is 49.7 Å². The first-order chi connectivity index (χ1) is 9.69. The maximum Gasteiger partial charge on any atom is 0.0912 e. The van der Waals surface area contributed by atoms with Gasteiger partial charge >= 0.3 is 0 Å². The van der Waals surface area contributed by atoms with Crippen molar-refractivity contribution in [2.24, 2.45) is 0 Å². The maximum absolute atomic E-state index is 10.9. The molecule has 0 spiro atoms. The van der Waals surface area contributed by atoms with E-state index < -0.39 is 5.60 Å². The van der Waals surface area contributed by atoms with E-state index in [2.05, 4.69) is 12.1 Å². The van der Waals surface area contributed by atoms with Crippen molar-refractivity contribution in [1.29, 1.82) is 0 Å². The van der Waals surface area contributed by atoms with Crippen molar-refractivity contribution >= 4 is 23.0 Å². The third-order valence-electron chi connectivity index (χ3n) is 4.55. The second-order valence-corrected chi connectivity index (χ2v) is 7.15. The molecule has 1 saturated heterocycles. The second kappa shape index (κ2) is 5.82. The molecule has 2 nitrogen and oxygen atoms in total. The second-order valence-electron chi connectivity index (χ2n) is 5.92. The summed E-state index contributed by atoms with van der Waals surface area (Å²) in [6, 6.07) is 6.13. The van der Waals surface area contributed by atoms with Gasteiger partial charge in [0.1, 0.15) is 0 Å². The maximum atomic E-state index is 10.9. The van der Waals surface area contributed by atoms with Gasteiger partial charge in [0, 0.05) is 11.3 Å². The molecule has 2 aliphatic rings. The van der Waals surface area contributed by atoms with Gasteiger partial charge in [-0.1, -0.05) is 12.1 Å². The van der Waals surface area contributed by atoms with Gasteiger partial charge in [-0.15, -0.1) is 0 Å². The summed E-state index contributed by atoms with van der Waals surface area (Å²) < 4.78 is 0. The van der Waals surface area contributed by atoms with Crippen LogP contribution in [0.3, 0.4) is 0 Å². The molecule has 0 saturated carbocycles. The van der Waals surface area contributed by atoms with Crippen molar-refractivity contribution in [2.45, 2.75) is 44.1 Å². The molecular weight excluding hydrogens is 266 g/mol. The SMILES string of the molecule is Nc1ccc(C2(O)CCSCC2)cc1C1=CCCCC1. The lowest BCUT2D eigenvalue weighted by molar-refractivity contribution is 0.0281. The van der Waals surface area contributed by atoms with Crippen LogP contribution in [0.5, 0.6) is 0 Å². The molecule has 3 rings (SSSR count). The summed E-state index contributed by atoms with van der Waals surface area (Å²) in [6.45, 7) is 0. The summed E-state index contributed by atoms with van der Waals surface area (Å²) in [6.07, 6.45) is 8.81. The Bertz CT molecular complexity index is 518. The zero-order valence-corrected chi connectivity index (χ0v) is 12.7. The lowest BCUT2D eigenvalue weighted by Gasteiger charge is -2.33. The Morgan fingerprint density at radius 1 is 1.15 bits per heavy atom.